The van der Waals surface area contributed by atoms with E-state index in [4.69, 9.17) is 0 Å². The first-order valence-corrected chi connectivity index (χ1v) is 7.79. The Hall–Kier alpha value is -2.36. The molecule has 0 saturated heterocycles. The molecule has 0 bridgehead atoms. The maximum atomic E-state index is 4.43. The second kappa shape index (κ2) is 7.07. The van der Waals surface area contributed by atoms with Crippen LogP contribution in [-0.4, -0.2) is 36.0 Å². The van der Waals surface area contributed by atoms with Crippen molar-refractivity contribution in [2.24, 2.45) is 4.99 Å². The fourth-order valence-corrected chi connectivity index (χ4v) is 2.86. The molecular weight excluding hydrogens is 272 g/mol. The standard InChI is InChI=1S/C18H22N4/c1-19-18(21-12-9-17-8-4-5-11-20-17)22-13-10-15-6-2-3-7-16(15)14-22/h2-8,11H,9-10,12-14H2,1H3,(H,19,21). The molecule has 1 N–H and O–H groups in total. The van der Waals surface area contributed by atoms with Crippen LogP contribution in [-0.2, 0) is 19.4 Å². The number of nitrogens with zero attached hydrogens (tertiary/aromatic N) is 3. The highest BCUT2D eigenvalue weighted by molar-refractivity contribution is 5.80. The van der Waals surface area contributed by atoms with Gasteiger partial charge in [-0.2, -0.15) is 0 Å². The maximum absolute atomic E-state index is 4.43. The summed E-state index contributed by atoms with van der Waals surface area (Å²) in [6.45, 7) is 2.79. The summed E-state index contributed by atoms with van der Waals surface area (Å²) in [7, 11) is 1.85. The summed E-state index contributed by atoms with van der Waals surface area (Å²) in [4.78, 5) is 11.1. The fraction of sp³-hybridized carbons (Fsp3) is 0.333. The smallest absolute Gasteiger partial charge is 0.193 e. The average molecular weight is 294 g/mol. The number of aliphatic imine (C=N–C) groups is 1. The number of pyridine rings is 1. The van der Waals surface area contributed by atoms with Crippen LogP contribution in [0.25, 0.3) is 0 Å². The topological polar surface area (TPSA) is 40.5 Å². The van der Waals surface area contributed by atoms with Gasteiger partial charge in [0.05, 0.1) is 0 Å². The lowest BCUT2D eigenvalue weighted by Gasteiger charge is -2.31. The van der Waals surface area contributed by atoms with Gasteiger partial charge in [0.1, 0.15) is 0 Å². The van der Waals surface area contributed by atoms with Crippen LogP contribution in [0.5, 0.6) is 0 Å². The number of aromatic nitrogens is 1. The summed E-state index contributed by atoms with van der Waals surface area (Å²) >= 11 is 0. The van der Waals surface area contributed by atoms with Gasteiger partial charge in [0.25, 0.3) is 0 Å². The molecule has 1 aromatic carbocycles. The highest BCUT2D eigenvalue weighted by Gasteiger charge is 2.18. The van der Waals surface area contributed by atoms with E-state index in [0.29, 0.717) is 0 Å². The summed E-state index contributed by atoms with van der Waals surface area (Å²) in [5.41, 5.74) is 3.97. The van der Waals surface area contributed by atoms with Gasteiger partial charge in [-0.1, -0.05) is 30.3 Å². The van der Waals surface area contributed by atoms with Crippen molar-refractivity contribution in [1.82, 2.24) is 15.2 Å². The second-order valence-corrected chi connectivity index (χ2v) is 5.49. The average Bonchev–Trinajstić information content (AvgIpc) is 2.59. The van der Waals surface area contributed by atoms with E-state index in [0.717, 1.165) is 44.1 Å². The van der Waals surface area contributed by atoms with Crippen LogP contribution >= 0.6 is 0 Å². The van der Waals surface area contributed by atoms with Gasteiger partial charge in [-0.15, -0.1) is 0 Å². The monoisotopic (exact) mass is 294 g/mol. The number of guanidine groups is 1. The first kappa shape index (κ1) is 14.6. The molecule has 114 valence electrons. The Morgan fingerprint density at radius 1 is 1.18 bits per heavy atom. The Bertz CT molecular complexity index is 637. The van der Waals surface area contributed by atoms with Crippen molar-refractivity contribution in [2.75, 3.05) is 20.1 Å². The number of hydrogen-bond acceptors (Lipinski definition) is 2. The minimum atomic E-state index is 0.849. The van der Waals surface area contributed by atoms with Crippen LogP contribution in [0.3, 0.4) is 0 Å². The Labute approximate surface area is 131 Å². The van der Waals surface area contributed by atoms with Crippen LogP contribution in [0.15, 0.2) is 53.7 Å². The molecule has 2 heterocycles. The zero-order valence-corrected chi connectivity index (χ0v) is 13.0. The van der Waals surface area contributed by atoms with Crippen LogP contribution < -0.4 is 5.32 Å². The lowest BCUT2D eigenvalue weighted by atomic mass is 10.0. The molecule has 0 radical (unpaired) electrons. The molecule has 3 rings (SSSR count). The Kier molecular flexibility index (Phi) is 4.68. The number of hydrogen-bond donors (Lipinski definition) is 1. The van der Waals surface area contributed by atoms with Crippen LogP contribution in [0.2, 0.25) is 0 Å². The molecular formula is C18H22N4. The molecule has 0 spiro atoms. The number of nitrogens with one attached hydrogen (secondary N) is 1. The second-order valence-electron chi connectivity index (χ2n) is 5.49. The molecule has 4 nitrogen and oxygen atoms in total. The Morgan fingerprint density at radius 3 is 2.77 bits per heavy atom. The van der Waals surface area contributed by atoms with Gasteiger partial charge in [-0.25, -0.2) is 0 Å². The molecule has 0 atom stereocenters. The zero-order valence-electron chi connectivity index (χ0n) is 13.0. The van der Waals surface area contributed by atoms with E-state index in [1.807, 2.05) is 25.4 Å². The predicted molar refractivity (Wildman–Crippen MR) is 89.9 cm³/mol. The molecule has 1 aliphatic rings. The van der Waals surface area contributed by atoms with Gasteiger partial charge >= 0.3 is 0 Å². The highest BCUT2D eigenvalue weighted by atomic mass is 15.3. The van der Waals surface area contributed by atoms with Crippen LogP contribution in [0.4, 0.5) is 0 Å². The molecule has 4 heteroatoms. The quantitative estimate of drug-likeness (QED) is 0.697. The zero-order chi connectivity index (χ0) is 15.2. The van der Waals surface area contributed by atoms with Gasteiger partial charge < -0.3 is 10.2 Å². The number of rotatable bonds is 3. The van der Waals surface area contributed by atoms with Crippen molar-refractivity contribution in [3.05, 3.63) is 65.5 Å². The van der Waals surface area contributed by atoms with Gasteiger partial charge in [-0.05, 0) is 29.7 Å². The van der Waals surface area contributed by atoms with Gasteiger partial charge in [0, 0.05) is 45.0 Å². The SMILES string of the molecule is CN=C(NCCc1ccccn1)N1CCc2ccccc2C1. The van der Waals surface area contributed by atoms with Crippen LogP contribution in [0.1, 0.15) is 16.8 Å². The van der Waals surface area contributed by atoms with Gasteiger partial charge in [-0.3, -0.25) is 9.98 Å². The minimum Gasteiger partial charge on any atom is -0.356 e. The van der Waals surface area contributed by atoms with E-state index >= 15 is 0 Å². The third-order valence-corrected chi connectivity index (χ3v) is 4.03. The largest absolute Gasteiger partial charge is 0.356 e. The lowest BCUT2D eigenvalue weighted by molar-refractivity contribution is 0.379. The van der Waals surface area contributed by atoms with Gasteiger partial charge in [0.15, 0.2) is 5.96 Å². The first-order chi connectivity index (χ1) is 10.9. The van der Waals surface area contributed by atoms with Gasteiger partial charge in [0.2, 0.25) is 0 Å². The van der Waals surface area contributed by atoms with E-state index in [1.54, 1.807) is 0 Å². The highest BCUT2D eigenvalue weighted by Crippen LogP contribution is 2.18. The number of benzene rings is 1. The van der Waals surface area contributed by atoms with Crippen LogP contribution in [0, 0.1) is 0 Å². The van der Waals surface area contributed by atoms with Crippen molar-refractivity contribution in [1.29, 1.82) is 0 Å². The van der Waals surface area contributed by atoms with Crippen molar-refractivity contribution in [3.8, 4) is 0 Å². The predicted octanol–water partition coefficient (Wildman–Crippen LogP) is 2.26. The normalized spacial score (nSPS) is 14.6. The molecule has 0 amide bonds. The summed E-state index contributed by atoms with van der Waals surface area (Å²) in [5, 5.41) is 3.45. The summed E-state index contributed by atoms with van der Waals surface area (Å²) in [6, 6.07) is 14.7. The van der Waals surface area contributed by atoms with Crippen molar-refractivity contribution < 1.29 is 0 Å². The molecule has 0 unspecified atom stereocenters. The molecule has 0 fully saturated rings. The molecule has 1 aliphatic heterocycles. The van der Waals surface area contributed by atoms with Crippen molar-refractivity contribution >= 4 is 5.96 Å². The molecule has 2 aromatic rings. The third-order valence-electron chi connectivity index (χ3n) is 4.03. The minimum absolute atomic E-state index is 0.849. The van der Waals surface area contributed by atoms with Crippen molar-refractivity contribution in [3.63, 3.8) is 0 Å². The van der Waals surface area contributed by atoms with E-state index in [2.05, 4.69) is 50.5 Å². The summed E-state index contributed by atoms with van der Waals surface area (Å²) in [5.74, 6) is 0.977. The first-order valence-electron chi connectivity index (χ1n) is 7.79. The Balaban J connectivity index is 1.57. The van der Waals surface area contributed by atoms with E-state index in [9.17, 15) is 0 Å². The summed E-state index contributed by atoms with van der Waals surface area (Å²) < 4.78 is 0. The Morgan fingerprint density at radius 2 is 2.00 bits per heavy atom. The third kappa shape index (κ3) is 3.45. The molecule has 0 saturated carbocycles. The molecule has 1 aromatic heterocycles. The van der Waals surface area contributed by atoms with E-state index in [1.165, 1.54) is 11.1 Å². The van der Waals surface area contributed by atoms with E-state index < -0.39 is 0 Å². The summed E-state index contributed by atoms with van der Waals surface area (Å²) in [6.07, 6.45) is 3.83. The fourth-order valence-electron chi connectivity index (χ4n) is 2.86. The maximum Gasteiger partial charge on any atom is 0.193 e. The van der Waals surface area contributed by atoms with Crippen molar-refractivity contribution in [2.45, 2.75) is 19.4 Å². The molecule has 22 heavy (non-hydrogen) atoms. The lowest BCUT2D eigenvalue weighted by Crippen LogP contribution is -2.44. The van der Waals surface area contributed by atoms with E-state index in [-0.39, 0.29) is 0 Å². The molecule has 0 aliphatic carbocycles. The number of fused-ring (bicyclic) bond motifs is 1.